The van der Waals surface area contributed by atoms with E-state index in [0.29, 0.717) is 43.3 Å². The zero-order valence-corrected chi connectivity index (χ0v) is 17.0. The van der Waals surface area contributed by atoms with Crippen molar-refractivity contribution >= 4 is 23.2 Å². The van der Waals surface area contributed by atoms with Crippen LogP contribution in [0.3, 0.4) is 0 Å². The first kappa shape index (κ1) is 19.4. The van der Waals surface area contributed by atoms with E-state index in [4.69, 9.17) is 0 Å². The van der Waals surface area contributed by atoms with E-state index < -0.39 is 0 Å². The van der Waals surface area contributed by atoms with Gasteiger partial charge in [-0.25, -0.2) is 4.98 Å². The zero-order chi connectivity index (χ0) is 20.5. The van der Waals surface area contributed by atoms with Crippen LogP contribution in [0, 0.1) is 5.92 Å². The summed E-state index contributed by atoms with van der Waals surface area (Å²) in [6, 6.07) is 5.51. The van der Waals surface area contributed by atoms with Gasteiger partial charge in [-0.3, -0.25) is 18.8 Å². The summed E-state index contributed by atoms with van der Waals surface area (Å²) in [5, 5.41) is 0. The highest BCUT2D eigenvalue weighted by molar-refractivity contribution is 6.02. The molecule has 8 nitrogen and oxygen atoms in total. The molecule has 0 aliphatic carbocycles. The Hall–Kier alpha value is -2.90. The number of likely N-dealkylation sites (tertiary alicyclic amines) is 1. The van der Waals surface area contributed by atoms with E-state index in [9.17, 15) is 14.4 Å². The molecular weight excluding hydrogens is 370 g/mol. The molecule has 2 aliphatic rings. The number of fused-ring (bicyclic) bond motifs is 1. The largest absolute Gasteiger partial charge is 0.339 e. The first-order chi connectivity index (χ1) is 14.0. The molecule has 0 atom stereocenters. The molecular formula is C21H27N5O3. The molecule has 3 amide bonds. The fourth-order valence-corrected chi connectivity index (χ4v) is 4.07. The Bertz CT molecular complexity index is 937. The number of rotatable bonds is 2. The molecule has 2 saturated heterocycles. The lowest BCUT2D eigenvalue weighted by Gasteiger charge is -2.33. The number of hydrogen-bond acceptors (Lipinski definition) is 4. The number of piperidine rings is 1. The van der Waals surface area contributed by atoms with Crippen LogP contribution in [0.5, 0.6) is 0 Å². The maximum absolute atomic E-state index is 13.2. The molecule has 2 aromatic rings. The smallest absolute Gasteiger partial charge is 0.290 e. The molecule has 29 heavy (non-hydrogen) atoms. The van der Waals surface area contributed by atoms with E-state index in [2.05, 4.69) is 11.9 Å². The molecule has 0 unspecified atom stereocenters. The molecule has 2 aliphatic heterocycles. The second-order valence-corrected chi connectivity index (χ2v) is 8.01. The van der Waals surface area contributed by atoms with Gasteiger partial charge in [0.05, 0.1) is 5.52 Å². The number of carbonyl (C=O) groups is 3. The lowest BCUT2D eigenvalue weighted by Crippen LogP contribution is -2.50. The van der Waals surface area contributed by atoms with E-state index in [1.165, 1.54) is 0 Å². The second kappa shape index (κ2) is 7.85. The summed E-state index contributed by atoms with van der Waals surface area (Å²) in [7, 11) is 0. The Labute approximate surface area is 170 Å². The minimum Gasteiger partial charge on any atom is -0.339 e. The van der Waals surface area contributed by atoms with Crippen LogP contribution in [-0.4, -0.2) is 81.1 Å². The van der Waals surface area contributed by atoms with Gasteiger partial charge in [-0.2, -0.15) is 0 Å². The van der Waals surface area contributed by atoms with Gasteiger partial charge in [0.15, 0.2) is 5.69 Å². The average molecular weight is 397 g/mol. The Morgan fingerprint density at radius 2 is 1.52 bits per heavy atom. The Balaban J connectivity index is 1.60. The Kier molecular flexibility index (Phi) is 5.25. The van der Waals surface area contributed by atoms with E-state index in [1.54, 1.807) is 27.3 Å². The molecule has 0 spiro atoms. The highest BCUT2D eigenvalue weighted by Crippen LogP contribution is 2.21. The van der Waals surface area contributed by atoms with Gasteiger partial charge in [0.25, 0.3) is 11.8 Å². The predicted octanol–water partition coefficient (Wildman–Crippen LogP) is 1.51. The minimum atomic E-state index is -0.208. The molecule has 8 heteroatoms. The summed E-state index contributed by atoms with van der Waals surface area (Å²) in [6.45, 7) is 7.16. The summed E-state index contributed by atoms with van der Waals surface area (Å²) < 4.78 is 1.71. The lowest BCUT2D eigenvalue weighted by molar-refractivity contribution is -0.130. The molecule has 0 aromatic carbocycles. The van der Waals surface area contributed by atoms with Crippen molar-refractivity contribution in [3.05, 3.63) is 35.9 Å². The third-order valence-corrected chi connectivity index (χ3v) is 6.03. The lowest BCUT2D eigenvalue weighted by atomic mass is 9.99. The highest BCUT2D eigenvalue weighted by Gasteiger charge is 2.30. The van der Waals surface area contributed by atoms with Crippen molar-refractivity contribution in [1.29, 1.82) is 0 Å². The number of imidazole rings is 1. The van der Waals surface area contributed by atoms with Crippen molar-refractivity contribution in [2.45, 2.75) is 26.7 Å². The van der Waals surface area contributed by atoms with Crippen LogP contribution in [0.4, 0.5) is 0 Å². The van der Waals surface area contributed by atoms with Gasteiger partial charge in [-0.1, -0.05) is 13.0 Å². The minimum absolute atomic E-state index is 0.0205. The summed E-state index contributed by atoms with van der Waals surface area (Å²) in [6.07, 6.45) is 3.75. The predicted molar refractivity (Wildman–Crippen MR) is 108 cm³/mol. The van der Waals surface area contributed by atoms with Crippen LogP contribution >= 0.6 is 0 Å². The van der Waals surface area contributed by atoms with E-state index in [1.807, 2.05) is 23.1 Å². The van der Waals surface area contributed by atoms with Crippen molar-refractivity contribution in [1.82, 2.24) is 24.1 Å². The van der Waals surface area contributed by atoms with Crippen LogP contribution in [-0.2, 0) is 4.79 Å². The van der Waals surface area contributed by atoms with Crippen molar-refractivity contribution in [3.8, 4) is 0 Å². The molecule has 0 saturated carbocycles. The number of hydrogen-bond donors (Lipinski definition) is 0. The standard InChI is InChI=1S/C21H27N5O3/c1-15-6-9-24(10-7-15)20(28)18-17-5-3-4-8-26(17)19(22-18)21(29)25-13-11-23(12-14-25)16(2)27/h3-5,8,15H,6-7,9-14H2,1-2H3. The molecule has 0 radical (unpaired) electrons. The van der Waals surface area contributed by atoms with Crippen LogP contribution in [0.25, 0.3) is 5.52 Å². The summed E-state index contributed by atoms with van der Waals surface area (Å²) >= 11 is 0. The van der Waals surface area contributed by atoms with Crippen LogP contribution in [0.1, 0.15) is 47.8 Å². The molecule has 2 aromatic heterocycles. The van der Waals surface area contributed by atoms with Gasteiger partial charge >= 0.3 is 0 Å². The first-order valence-corrected chi connectivity index (χ1v) is 10.3. The third-order valence-electron chi connectivity index (χ3n) is 6.03. The maximum atomic E-state index is 13.2. The van der Waals surface area contributed by atoms with Crippen molar-refractivity contribution in [2.75, 3.05) is 39.3 Å². The monoisotopic (exact) mass is 397 g/mol. The third kappa shape index (κ3) is 3.71. The second-order valence-electron chi connectivity index (χ2n) is 8.01. The summed E-state index contributed by atoms with van der Waals surface area (Å²) in [4.78, 5) is 47.6. The fourth-order valence-electron chi connectivity index (χ4n) is 4.07. The first-order valence-electron chi connectivity index (χ1n) is 10.3. The molecule has 154 valence electrons. The fraction of sp³-hybridized carbons (Fsp3) is 0.524. The summed E-state index contributed by atoms with van der Waals surface area (Å²) in [5.74, 6) is 0.586. The van der Waals surface area contributed by atoms with E-state index >= 15 is 0 Å². The SMILES string of the molecule is CC(=O)N1CCN(C(=O)c2nc(C(=O)N3CCC(C)CC3)c3ccccn23)CC1. The topological polar surface area (TPSA) is 78.2 Å². The van der Waals surface area contributed by atoms with Crippen molar-refractivity contribution in [3.63, 3.8) is 0 Å². The summed E-state index contributed by atoms with van der Waals surface area (Å²) in [5.41, 5.74) is 0.993. The number of amides is 3. The van der Waals surface area contributed by atoms with Gasteiger partial charge < -0.3 is 14.7 Å². The number of piperazine rings is 1. The van der Waals surface area contributed by atoms with Crippen LogP contribution in [0.2, 0.25) is 0 Å². The number of carbonyl (C=O) groups excluding carboxylic acids is 3. The van der Waals surface area contributed by atoms with E-state index in [0.717, 1.165) is 25.9 Å². The van der Waals surface area contributed by atoms with Crippen molar-refractivity contribution < 1.29 is 14.4 Å². The number of nitrogens with zero attached hydrogens (tertiary/aromatic N) is 5. The normalized spacial score (nSPS) is 18.3. The van der Waals surface area contributed by atoms with Gasteiger partial charge in [0, 0.05) is 52.4 Å². The Morgan fingerprint density at radius 1 is 0.897 bits per heavy atom. The molecule has 4 rings (SSSR count). The van der Waals surface area contributed by atoms with Crippen LogP contribution < -0.4 is 0 Å². The quantitative estimate of drug-likeness (QED) is 0.770. The molecule has 0 bridgehead atoms. The van der Waals surface area contributed by atoms with Gasteiger partial charge in [0.1, 0.15) is 0 Å². The maximum Gasteiger partial charge on any atom is 0.290 e. The average Bonchev–Trinajstić information content (AvgIpc) is 3.13. The molecule has 0 N–H and O–H groups in total. The van der Waals surface area contributed by atoms with Crippen molar-refractivity contribution in [2.24, 2.45) is 5.92 Å². The van der Waals surface area contributed by atoms with Gasteiger partial charge in [-0.15, -0.1) is 0 Å². The highest BCUT2D eigenvalue weighted by atomic mass is 16.2. The Morgan fingerprint density at radius 3 is 2.17 bits per heavy atom. The zero-order valence-electron chi connectivity index (χ0n) is 17.0. The van der Waals surface area contributed by atoms with Crippen LogP contribution in [0.15, 0.2) is 24.4 Å². The molecule has 4 heterocycles. The number of aromatic nitrogens is 2. The van der Waals surface area contributed by atoms with E-state index in [-0.39, 0.29) is 23.5 Å². The molecule has 2 fully saturated rings. The van der Waals surface area contributed by atoms with Gasteiger partial charge in [-0.05, 0) is 30.9 Å². The number of pyridine rings is 1. The van der Waals surface area contributed by atoms with Gasteiger partial charge in [0.2, 0.25) is 11.7 Å².